The Bertz CT molecular complexity index is 523. The third kappa shape index (κ3) is 2.15. The number of alkyl halides is 1. The second-order valence-corrected chi connectivity index (χ2v) is 5.02. The van der Waals surface area contributed by atoms with E-state index in [2.05, 4.69) is 29.2 Å². The summed E-state index contributed by atoms with van der Waals surface area (Å²) in [4.78, 5) is 4.46. The van der Waals surface area contributed by atoms with Crippen molar-refractivity contribution < 1.29 is 4.74 Å². The molecule has 1 saturated heterocycles. The molecule has 1 fully saturated rings. The maximum Gasteiger partial charge on any atom is 0.0860 e. The van der Waals surface area contributed by atoms with Crippen LogP contribution in [0, 0.1) is 0 Å². The second-order valence-electron chi connectivity index (χ2n) is 4.40. The van der Waals surface area contributed by atoms with E-state index in [-0.39, 0.29) is 11.5 Å². The molecule has 2 heterocycles. The number of nitrogens with zero attached hydrogens (tertiary/aromatic N) is 1. The molecule has 1 aliphatic rings. The monoisotopic (exact) mass is 247 g/mol. The first-order chi connectivity index (χ1) is 8.34. The van der Waals surface area contributed by atoms with E-state index in [9.17, 15) is 0 Å². The maximum absolute atomic E-state index is 6.21. The predicted molar refractivity (Wildman–Crippen MR) is 69.3 cm³/mol. The zero-order chi connectivity index (χ0) is 11.7. The predicted octanol–water partition coefficient (Wildman–Crippen LogP) is 3.69. The first kappa shape index (κ1) is 11.0. The average Bonchev–Trinajstić information content (AvgIpc) is 2.38. The smallest absolute Gasteiger partial charge is 0.0860 e. The number of ether oxygens (including phenoxy) is 1. The highest BCUT2D eigenvalue weighted by Gasteiger charge is 2.23. The fraction of sp³-hybridized carbons (Fsp3) is 0.357. The van der Waals surface area contributed by atoms with Crippen LogP contribution in [0.25, 0.3) is 10.9 Å². The molecule has 0 N–H and O–H groups in total. The van der Waals surface area contributed by atoms with Gasteiger partial charge in [0.05, 0.1) is 11.6 Å². The van der Waals surface area contributed by atoms with Crippen LogP contribution in [0.4, 0.5) is 0 Å². The fourth-order valence-electron chi connectivity index (χ4n) is 2.36. The number of pyridine rings is 1. The molecular formula is C14H14ClNO. The zero-order valence-electron chi connectivity index (χ0n) is 9.47. The molecule has 0 bridgehead atoms. The standard InChI is InChI=1S/C14H14ClNO/c15-11-6-8-17-13(9-11)12-5-1-3-10-4-2-7-16-14(10)12/h1-5,7,11,13H,6,8-9H2. The normalized spacial score (nSPS) is 25.0. The summed E-state index contributed by atoms with van der Waals surface area (Å²) in [5, 5.41) is 1.37. The molecule has 1 aromatic heterocycles. The Morgan fingerprint density at radius 2 is 2.12 bits per heavy atom. The molecule has 0 amide bonds. The molecule has 0 radical (unpaired) electrons. The van der Waals surface area contributed by atoms with Crippen molar-refractivity contribution in [3.8, 4) is 0 Å². The molecule has 2 aromatic rings. The highest BCUT2D eigenvalue weighted by Crippen LogP contribution is 2.33. The van der Waals surface area contributed by atoms with Crippen molar-refractivity contribution in [2.75, 3.05) is 6.61 Å². The lowest BCUT2D eigenvalue weighted by molar-refractivity contribution is 0.0177. The summed E-state index contributed by atoms with van der Waals surface area (Å²) < 4.78 is 5.82. The van der Waals surface area contributed by atoms with Crippen LogP contribution in [0.1, 0.15) is 24.5 Å². The summed E-state index contributed by atoms with van der Waals surface area (Å²) in [6.45, 7) is 0.738. The number of para-hydroxylation sites is 1. The van der Waals surface area contributed by atoms with Gasteiger partial charge in [0.1, 0.15) is 0 Å². The first-order valence-corrected chi connectivity index (χ1v) is 6.37. The van der Waals surface area contributed by atoms with Gasteiger partial charge in [0.2, 0.25) is 0 Å². The fourth-order valence-corrected chi connectivity index (χ4v) is 2.61. The lowest BCUT2D eigenvalue weighted by Gasteiger charge is -2.26. The molecule has 3 heteroatoms. The number of hydrogen-bond donors (Lipinski definition) is 0. The number of fused-ring (bicyclic) bond motifs is 1. The summed E-state index contributed by atoms with van der Waals surface area (Å²) >= 11 is 6.21. The van der Waals surface area contributed by atoms with Gasteiger partial charge in [-0.2, -0.15) is 0 Å². The quantitative estimate of drug-likeness (QED) is 0.717. The Balaban J connectivity index is 2.04. The van der Waals surface area contributed by atoms with Crippen molar-refractivity contribution in [2.45, 2.75) is 24.3 Å². The second kappa shape index (κ2) is 4.63. The number of aromatic nitrogens is 1. The Morgan fingerprint density at radius 1 is 1.24 bits per heavy atom. The lowest BCUT2D eigenvalue weighted by atomic mass is 9.98. The summed E-state index contributed by atoms with van der Waals surface area (Å²) in [6, 6.07) is 10.3. The van der Waals surface area contributed by atoms with E-state index in [1.54, 1.807) is 0 Å². The van der Waals surface area contributed by atoms with Crippen molar-refractivity contribution in [3.63, 3.8) is 0 Å². The minimum Gasteiger partial charge on any atom is -0.373 e. The highest BCUT2D eigenvalue weighted by molar-refractivity contribution is 6.20. The lowest BCUT2D eigenvalue weighted by Crippen LogP contribution is -2.20. The van der Waals surface area contributed by atoms with E-state index in [1.165, 1.54) is 0 Å². The summed E-state index contributed by atoms with van der Waals surface area (Å²) in [5.74, 6) is 0. The van der Waals surface area contributed by atoms with E-state index >= 15 is 0 Å². The molecule has 3 rings (SSSR count). The van der Waals surface area contributed by atoms with Gasteiger partial charge in [-0.15, -0.1) is 11.6 Å². The molecule has 2 nitrogen and oxygen atoms in total. The minimum atomic E-state index is 0.0878. The van der Waals surface area contributed by atoms with Gasteiger partial charge in [-0.3, -0.25) is 4.98 Å². The van der Waals surface area contributed by atoms with E-state index in [0.29, 0.717) is 0 Å². The van der Waals surface area contributed by atoms with Crippen LogP contribution >= 0.6 is 11.6 Å². The van der Waals surface area contributed by atoms with E-state index in [1.807, 2.05) is 12.3 Å². The number of rotatable bonds is 1. The third-order valence-electron chi connectivity index (χ3n) is 3.23. The van der Waals surface area contributed by atoms with Crippen molar-refractivity contribution in [3.05, 3.63) is 42.1 Å². The van der Waals surface area contributed by atoms with Crippen LogP contribution in [-0.2, 0) is 4.74 Å². The zero-order valence-corrected chi connectivity index (χ0v) is 10.2. The molecule has 88 valence electrons. The largest absolute Gasteiger partial charge is 0.373 e. The summed E-state index contributed by atoms with van der Waals surface area (Å²) in [7, 11) is 0. The van der Waals surface area contributed by atoms with Gasteiger partial charge in [0.25, 0.3) is 0 Å². The van der Waals surface area contributed by atoms with Crippen LogP contribution < -0.4 is 0 Å². The number of hydrogen-bond acceptors (Lipinski definition) is 2. The molecule has 0 spiro atoms. The average molecular weight is 248 g/mol. The molecular weight excluding hydrogens is 234 g/mol. The van der Waals surface area contributed by atoms with Crippen LogP contribution in [0.15, 0.2) is 36.5 Å². The van der Waals surface area contributed by atoms with E-state index in [0.717, 1.165) is 35.9 Å². The van der Waals surface area contributed by atoms with Crippen molar-refractivity contribution in [1.29, 1.82) is 0 Å². The first-order valence-electron chi connectivity index (χ1n) is 5.94. The van der Waals surface area contributed by atoms with Gasteiger partial charge >= 0.3 is 0 Å². The Kier molecular flexibility index (Phi) is 3.00. The van der Waals surface area contributed by atoms with Gasteiger partial charge in [-0.25, -0.2) is 0 Å². The van der Waals surface area contributed by atoms with Crippen LogP contribution in [0.5, 0.6) is 0 Å². The topological polar surface area (TPSA) is 22.1 Å². The Morgan fingerprint density at radius 3 is 3.00 bits per heavy atom. The van der Waals surface area contributed by atoms with Crippen LogP contribution in [0.3, 0.4) is 0 Å². The molecule has 0 saturated carbocycles. The maximum atomic E-state index is 6.21. The van der Waals surface area contributed by atoms with E-state index in [4.69, 9.17) is 16.3 Å². The Labute approximate surface area is 106 Å². The highest BCUT2D eigenvalue weighted by atomic mass is 35.5. The van der Waals surface area contributed by atoms with Gasteiger partial charge in [-0.1, -0.05) is 24.3 Å². The van der Waals surface area contributed by atoms with Crippen molar-refractivity contribution in [1.82, 2.24) is 4.98 Å². The SMILES string of the molecule is ClC1CCOC(c2cccc3cccnc23)C1. The molecule has 1 aromatic carbocycles. The molecule has 2 atom stereocenters. The number of halogens is 1. The van der Waals surface area contributed by atoms with Crippen LogP contribution in [-0.4, -0.2) is 17.0 Å². The molecule has 2 unspecified atom stereocenters. The van der Waals surface area contributed by atoms with Gasteiger partial charge in [0.15, 0.2) is 0 Å². The number of benzene rings is 1. The van der Waals surface area contributed by atoms with E-state index < -0.39 is 0 Å². The minimum absolute atomic E-state index is 0.0878. The van der Waals surface area contributed by atoms with Crippen LogP contribution in [0.2, 0.25) is 0 Å². The van der Waals surface area contributed by atoms with Gasteiger partial charge in [0, 0.05) is 29.1 Å². The molecule has 0 aliphatic carbocycles. The summed E-state index contributed by atoms with van der Waals surface area (Å²) in [5.41, 5.74) is 2.19. The van der Waals surface area contributed by atoms with Gasteiger partial charge in [-0.05, 0) is 18.9 Å². The Hall–Kier alpha value is -1.12. The van der Waals surface area contributed by atoms with Gasteiger partial charge < -0.3 is 4.74 Å². The van der Waals surface area contributed by atoms with Crippen molar-refractivity contribution >= 4 is 22.5 Å². The summed E-state index contributed by atoms with van der Waals surface area (Å²) in [6.07, 6.45) is 3.73. The third-order valence-corrected chi connectivity index (χ3v) is 3.63. The van der Waals surface area contributed by atoms with Crippen molar-refractivity contribution in [2.24, 2.45) is 0 Å². The molecule has 1 aliphatic heterocycles. The molecule has 17 heavy (non-hydrogen) atoms.